The fourth-order valence-corrected chi connectivity index (χ4v) is 4.22. The number of furan rings is 1. The third-order valence-electron chi connectivity index (χ3n) is 5.92. The van der Waals surface area contributed by atoms with Crippen molar-refractivity contribution in [3.8, 4) is 23.0 Å². The fraction of sp³-hybridized carbons (Fsp3) is 0.409. The number of aromatic amines is 1. The Hall–Kier alpha value is -2.77. The van der Waals surface area contributed by atoms with Crippen LogP contribution >= 0.6 is 0 Å². The van der Waals surface area contributed by atoms with Gasteiger partial charge < -0.3 is 23.9 Å². The number of H-pyrrole nitrogens is 1. The molecule has 2 aromatic heterocycles. The molecule has 0 amide bonds. The first-order valence-corrected chi connectivity index (χ1v) is 10.0. The fourth-order valence-electron chi connectivity index (χ4n) is 4.22. The normalized spacial score (nSPS) is 17.6. The molecule has 7 heteroatoms. The molecule has 0 atom stereocenters. The van der Waals surface area contributed by atoms with Crippen molar-refractivity contribution >= 4 is 0 Å². The van der Waals surface area contributed by atoms with Gasteiger partial charge in [-0.25, -0.2) is 0 Å². The second-order valence-corrected chi connectivity index (χ2v) is 7.74. The summed E-state index contributed by atoms with van der Waals surface area (Å²) in [5.41, 5.74) is 3.29. The molecule has 0 bridgehead atoms. The lowest BCUT2D eigenvalue weighted by Crippen LogP contribution is -2.42. The Balaban J connectivity index is 1.33. The molecule has 2 aliphatic heterocycles. The van der Waals surface area contributed by atoms with E-state index in [2.05, 4.69) is 27.6 Å². The molecule has 152 valence electrons. The van der Waals surface area contributed by atoms with Gasteiger partial charge in [0.1, 0.15) is 11.5 Å². The number of rotatable bonds is 6. The van der Waals surface area contributed by atoms with Crippen LogP contribution in [-0.2, 0) is 16.7 Å². The van der Waals surface area contributed by atoms with Crippen LogP contribution in [0.4, 0.5) is 0 Å². The second-order valence-electron chi connectivity index (χ2n) is 7.74. The van der Waals surface area contributed by atoms with Crippen LogP contribution < -0.4 is 14.8 Å². The van der Waals surface area contributed by atoms with Gasteiger partial charge in [-0.15, -0.1) is 0 Å². The molecule has 7 nitrogen and oxygen atoms in total. The summed E-state index contributed by atoms with van der Waals surface area (Å²) < 4.78 is 22.5. The first-order valence-electron chi connectivity index (χ1n) is 10.0. The number of hydrogen-bond donors (Lipinski definition) is 2. The van der Waals surface area contributed by atoms with Crippen molar-refractivity contribution in [1.82, 2.24) is 15.5 Å². The smallest absolute Gasteiger partial charge is 0.231 e. The summed E-state index contributed by atoms with van der Waals surface area (Å²) in [7, 11) is 0. The minimum absolute atomic E-state index is 0.00436. The molecule has 1 saturated heterocycles. The maximum absolute atomic E-state index is 5.76. The summed E-state index contributed by atoms with van der Waals surface area (Å²) in [6.07, 6.45) is 3.79. The number of aryl methyl sites for hydroxylation is 1. The van der Waals surface area contributed by atoms with E-state index in [0.717, 1.165) is 66.9 Å². The van der Waals surface area contributed by atoms with Crippen molar-refractivity contribution in [3.05, 3.63) is 53.4 Å². The first-order chi connectivity index (χ1) is 14.2. The Morgan fingerprint density at radius 1 is 1.10 bits per heavy atom. The molecule has 0 saturated carbocycles. The van der Waals surface area contributed by atoms with E-state index >= 15 is 0 Å². The molecular weight excluding hydrogens is 370 g/mol. The van der Waals surface area contributed by atoms with Gasteiger partial charge in [-0.3, -0.25) is 5.10 Å². The van der Waals surface area contributed by atoms with Crippen LogP contribution in [0.5, 0.6) is 11.5 Å². The van der Waals surface area contributed by atoms with E-state index in [1.807, 2.05) is 31.3 Å². The molecular formula is C22H25N3O4. The zero-order valence-electron chi connectivity index (χ0n) is 16.5. The van der Waals surface area contributed by atoms with Gasteiger partial charge in [0.15, 0.2) is 17.3 Å². The molecule has 0 spiro atoms. The minimum Gasteiger partial charge on any atom is -0.460 e. The highest BCUT2D eigenvalue weighted by Crippen LogP contribution is 2.40. The summed E-state index contributed by atoms with van der Waals surface area (Å²) in [6.45, 7) is 5.31. The lowest BCUT2D eigenvalue weighted by molar-refractivity contribution is 0.0497. The van der Waals surface area contributed by atoms with Gasteiger partial charge in [0.2, 0.25) is 6.79 Å². The van der Waals surface area contributed by atoms with Crippen LogP contribution in [0.3, 0.4) is 0 Å². The lowest BCUT2D eigenvalue weighted by atomic mass is 9.74. The maximum atomic E-state index is 5.76. The molecule has 2 N–H and O–H groups in total. The molecule has 0 radical (unpaired) electrons. The highest BCUT2D eigenvalue weighted by molar-refractivity contribution is 5.56. The largest absolute Gasteiger partial charge is 0.460 e. The predicted molar refractivity (Wildman–Crippen MR) is 107 cm³/mol. The number of aromatic nitrogens is 2. The Kier molecular flexibility index (Phi) is 4.77. The van der Waals surface area contributed by atoms with E-state index in [9.17, 15) is 0 Å². The van der Waals surface area contributed by atoms with E-state index < -0.39 is 0 Å². The van der Waals surface area contributed by atoms with E-state index in [4.69, 9.17) is 18.6 Å². The number of nitrogens with one attached hydrogen (secondary N) is 2. The van der Waals surface area contributed by atoms with Gasteiger partial charge in [0.05, 0.1) is 6.20 Å². The topological polar surface area (TPSA) is 81.5 Å². The quantitative estimate of drug-likeness (QED) is 0.664. The maximum Gasteiger partial charge on any atom is 0.231 e. The number of ether oxygens (including phenoxy) is 3. The third kappa shape index (κ3) is 3.52. The van der Waals surface area contributed by atoms with E-state index in [1.54, 1.807) is 0 Å². The third-order valence-corrected chi connectivity index (χ3v) is 5.92. The van der Waals surface area contributed by atoms with E-state index in [0.29, 0.717) is 13.3 Å². The Labute approximate surface area is 169 Å². The Morgan fingerprint density at radius 2 is 1.97 bits per heavy atom. The van der Waals surface area contributed by atoms with Crippen LogP contribution in [-0.4, -0.2) is 36.7 Å². The molecule has 29 heavy (non-hydrogen) atoms. The van der Waals surface area contributed by atoms with Crippen LogP contribution in [0, 0.1) is 6.92 Å². The summed E-state index contributed by atoms with van der Waals surface area (Å²) in [5.74, 6) is 3.35. The molecule has 0 aliphatic carbocycles. The van der Waals surface area contributed by atoms with Gasteiger partial charge in [0.25, 0.3) is 0 Å². The van der Waals surface area contributed by atoms with Crippen LogP contribution in [0.15, 0.2) is 40.9 Å². The van der Waals surface area contributed by atoms with Crippen molar-refractivity contribution in [2.75, 3.05) is 26.6 Å². The second kappa shape index (κ2) is 7.57. The molecule has 1 aromatic carbocycles. The van der Waals surface area contributed by atoms with Crippen molar-refractivity contribution < 1.29 is 18.6 Å². The standard InChI is InChI=1S/C22H25N3O4/c1-15-2-4-19(29-15)21-16(12-24-25-21)11-23-13-22(6-8-26-9-7-22)17-3-5-18-20(10-17)28-14-27-18/h2-5,10,12,23H,6-9,11,13-14H2,1H3,(H,24,25). The van der Waals surface area contributed by atoms with Crippen LogP contribution in [0.25, 0.3) is 11.5 Å². The van der Waals surface area contributed by atoms with Gasteiger partial charge in [-0.05, 0) is 49.6 Å². The van der Waals surface area contributed by atoms with Crippen molar-refractivity contribution in [2.24, 2.45) is 0 Å². The summed E-state index contributed by atoms with van der Waals surface area (Å²) in [5, 5.41) is 10.9. The zero-order valence-corrected chi connectivity index (χ0v) is 16.5. The van der Waals surface area contributed by atoms with Gasteiger partial charge in [0, 0.05) is 37.3 Å². The molecule has 5 rings (SSSR count). The molecule has 0 unspecified atom stereocenters. The average molecular weight is 395 g/mol. The number of benzene rings is 1. The average Bonchev–Trinajstić information content (AvgIpc) is 3.48. The molecule has 3 aromatic rings. The molecule has 1 fully saturated rings. The number of nitrogens with zero attached hydrogens (tertiary/aromatic N) is 1. The minimum atomic E-state index is 0.00436. The van der Waals surface area contributed by atoms with Crippen molar-refractivity contribution in [2.45, 2.75) is 31.7 Å². The van der Waals surface area contributed by atoms with Gasteiger partial charge >= 0.3 is 0 Å². The monoisotopic (exact) mass is 395 g/mol. The van der Waals surface area contributed by atoms with Crippen molar-refractivity contribution in [3.63, 3.8) is 0 Å². The highest BCUT2D eigenvalue weighted by atomic mass is 16.7. The number of hydrogen-bond acceptors (Lipinski definition) is 6. The zero-order chi connectivity index (χ0) is 19.7. The Morgan fingerprint density at radius 3 is 2.79 bits per heavy atom. The van der Waals surface area contributed by atoms with Gasteiger partial charge in [-0.2, -0.15) is 5.10 Å². The van der Waals surface area contributed by atoms with Crippen LogP contribution in [0.1, 0.15) is 29.7 Å². The first kappa shape index (κ1) is 18.3. The summed E-state index contributed by atoms with van der Waals surface area (Å²) in [6, 6.07) is 10.2. The predicted octanol–water partition coefficient (Wildman–Crippen LogP) is 3.54. The van der Waals surface area contributed by atoms with Crippen molar-refractivity contribution in [1.29, 1.82) is 0 Å². The highest BCUT2D eigenvalue weighted by Gasteiger charge is 2.35. The Bertz CT molecular complexity index is 988. The molecule has 4 heterocycles. The summed E-state index contributed by atoms with van der Waals surface area (Å²) >= 11 is 0. The SMILES string of the molecule is Cc1ccc(-c2[nH]ncc2CNCC2(c3ccc4c(c3)OCO4)CCOCC2)o1. The van der Waals surface area contributed by atoms with E-state index in [1.165, 1.54) is 5.56 Å². The number of fused-ring (bicyclic) bond motifs is 1. The van der Waals surface area contributed by atoms with Crippen LogP contribution in [0.2, 0.25) is 0 Å². The lowest BCUT2D eigenvalue weighted by Gasteiger charge is -2.38. The summed E-state index contributed by atoms with van der Waals surface area (Å²) in [4.78, 5) is 0. The molecule has 2 aliphatic rings. The van der Waals surface area contributed by atoms with Gasteiger partial charge in [-0.1, -0.05) is 6.07 Å². The van der Waals surface area contributed by atoms with E-state index in [-0.39, 0.29) is 5.41 Å².